The third kappa shape index (κ3) is 3.37. The van der Waals surface area contributed by atoms with Crippen LogP contribution in [0.1, 0.15) is 2.85 Å². The molecule has 0 rings (SSSR count). The fraction of sp³-hybridized carbons (Fsp3) is 0. The number of aliphatic carboxylic acids is 2. The molecule has 0 atom stereocenters. The Hall–Kier alpha value is -1.22. The first-order chi connectivity index (χ1) is 3.55. The summed E-state index contributed by atoms with van der Waals surface area (Å²) in [5.41, 5.74) is 0. The van der Waals surface area contributed by atoms with Crippen LogP contribution >= 0.6 is 0 Å². The largest absolute Gasteiger partial charge is 2.00 e. The van der Waals surface area contributed by atoms with Gasteiger partial charge in [0.05, 0.1) is 0 Å². The summed E-state index contributed by atoms with van der Waals surface area (Å²) >= 11 is 0. The first-order valence-electron chi connectivity index (χ1n) is 1.56. The Morgan fingerprint density at radius 1 is 1.00 bits per heavy atom. The molecule has 0 unspecified atom stereocenters. The van der Waals surface area contributed by atoms with Crippen molar-refractivity contribution >= 4 is 27.8 Å². The Morgan fingerprint density at radius 2 is 1.22 bits per heavy atom. The molecule has 0 bridgehead atoms. The summed E-state index contributed by atoms with van der Waals surface area (Å²) in [4.78, 5) is 28.5. The minimum Gasteiger partial charge on any atom is -1.00 e. The molecule has 0 fully saturated rings. The van der Waals surface area contributed by atoms with Gasteiger partial charge in [-0.05, 0) is 0 Å². The quantitative estimate of drug-likeness (QED) is 0.271. The number of carbonyl (C=O) groups is 3. The maximum absolute atomic E-state index is 9.64. The van der Waals surface area contributed by atoms with Gasteiger partial charge in [0.25, 0.3) is 0 Å². The molecule has 9 heavy (non-hydrogen) atoms. The van der Waals surface area contributed by atoms with Gasteiger partial charge >= 0.3 is 27.8 Å². The molecule has 0 aliphatic heterocycles. The van der Waals surface area contributed by atoms with Gasteiger partial charge in [0, 0.05) is 0 Å². The molecule has 0 saturated carbocycles. The number of hydrogen-bond donors (Lipinski definition) is 2. The number of carboxylic acid groups (broad SMARTS) is 2. The Bertz CT molecular complexity index is 142. The van der Waals surface area contributed by atoms with Crippen molar-refractivity contribution in [1.82, 2.24) is 0 Å². The third-order valence-corrected chi connectivity index (χ3v) is 0.388. The number of Topliss-reactive ketones (excluding diaryl/α,β-unsaturated/α-hetero) is 1. The fourth-order valence-corrected chi connectivity index (χ4v) is 0.0915. The van der Waals surface area contributed by atoms with Crippen LogP contribution in [-0.2, 0) is 14.4 Å². The summed E-state index contributed by atoms with van der Waals surface area (Å²) in [5.74, 6) is -5.71. The summed E-state index contributed by atoms with van der Waals surface area (Å²) in [6.45, 7) is 0. The van der Waals surface area contributed by atoms with Crippen LogP contribution in [0.5, 0.6) is 0 Å². The molecule has 0 aromatic heterocycles. The predicted octanol–water partition coefficient (Wildman–Crippen LogP) is -1.43. The van der Waals surface area contributed by atoms with Crippen LogP contribution in [-0.4, -0.2) is 38.1 Å². The van der Waals surface area contributed by atoms with Gasteiger partial charge in [-0.3, -0.25) is 4.79 Å². The summed E-state index contributed by atoms with van der Waals surface area (Å²) in [5, 5.41) is 15.2. The predicted molar refractivity (Wildman–Crippen MR) is 28.3 cm³/mol. The molecule has 0 aliphatic carbocycles. The van der Waals surface area contributed by atoms with Gasteiger partial charge in [-0.2, -0.15) is 0 Å². The SMILES string of the molecule is O=C(O)C(=O)C(=O)O.[Be+2].[H-].[H-]. The molecule has 0 spiro atoms. The number of ketones is 1. The first kappa shape index (κ1) is 10.7. The molecule has 6 heteroatoms. The summed E-state index contributed by atoms with van der Waals surface area (Å²) in [6, 6.07) is 0. The molecule has 0 aromatic carbocycles. The molecule has 0 aliphatic rings. The second-order valence-corrected chi connectivity index (χ2v) is 0.939. The maximum atomic E-state index is 9.64. The van der Waals surface area contributed by atoms with Crippen LogP contribution in [0.4, 0.5) is 0 Å². The van der Waals surface area contributed by atoms with Crippen LogP contribution in [0.3, 0.4) is 0 Å². The second-order valence-electron chi connectivity index (χ2n) is 0.939. The van der Waals surface area contributed by atoms with E-state index in [-0.39, 0.29) is 13.0 Å². The Labute approximate surface area is 56.5 Å². The van der Waals surface area contributed by atoms with Crippen molar-refractivity contribution in [2.24, 2.45) is 0 Å². The molecule has 48 valence electrons. The van der Waals surface area contributed by atoms with Crippen LogP contribution in [0.15, 0.2) is 0 Å². The molecule has 5 nitrogen and oxygen atoms in total. The normalized spacial score (nSPS) is 7.11. The Balaban J connectivity index is -0.0000000817. The number of hydrogen-bond acceptors (Lipinski definition) is 3. The molecule has 0 heterocycles. The summed E-state index contributed by atoms with van der Waals surface area (Å²) in [7, 11) is 0. The van der Waals surface area contributed by atoms with Crippen molar-refractivity contribution in [3.05, 3.63) is 0 Å². The van der Waals surface area contributed by atoms with E-state index in [1.807, 2.05) is 0 Å². The Morgan fingerprint density at radius 3 is 1.22 bits per heavy atom. The zero-order chi connectivity index (χ0) is 6.73. The molecule has 0 aromatic rings. The van der Waals surface area contributed by atoms with Crippen molar-refractivity contribution in [3.8, 4) is 0 Å². The minimum atomic E-state index is -1.95. The van der Waals surface area contributed by atoms with E-state index in [2.05, 4.69) is 0 Å². The van der Waals surface area contributed by atoms with Crippen LogP contribution in [0.25, 0.3) is 0 Å². The van der Waals surface area contributed by atoms with E-state index < -0.39 is 17.7 Å². The minimum absolute atomic E-state index is 0. The molecule has 2 N–H and O–H groups in total. The number of carbonyl (C=O) groups excluding carboxylic acids is 1. The van der Waals surface area contributed by atoms with E-state index >= 15 is 0 Å². The summed E-state index contributed by atoms with van der Waals surface area (Å²) < 4.78 is 0. The van der Waals surface area contributed by atoms with Gasteiger partial charge in [0.15, 0.2) is 0 Å². The van der Waals surface area contributed by atoms with E-state index in [9.17, 15) is 14.4 Å². The van der Waals surface area contributed by atoms with E-state index in [4.69, 9.17) is 10.2 Å². The van der Waals surface area contributed by atoms with Crippen LogP contribution in [0, 0.1) is 0 Å². The van der Waals surface area contributed by atoms with Crippen molar-refractivity contribution in [2.45, 2.75) is 0 Å². The van der Waals surface area contributed by atoms with Gasteiger partial charge < -0.3 is 13.1 Å². The van der Waals surface area contributed by atoms with Crippen molar-refractivity contribution in [2.75, 3.05) is 0 Å². The molecular weight excluding hydrogens is 125 g/mol. The van der Waals surface area contributed by atoms with Gasteiger partial charge in [-0.25, -0.2) is 9.59 Å². The van der Waals surface area contributed by atoms with Crippen molar-refractivity contribution < 1.29 is 27.4 Å². The van der Waals surface area contributed by atoms with E-state index in [1.54, 1.807) is 0 Å². The van der Waals surface area contributed by atoms with Gasteiger partial charge in [-0.1, -0.05) is 0 Å². The van der Waals surface area contributed by atoms with Gasteiger partial charge in [0.2, 0.25) is 0 Å². The monoisotopic (exact) mass is 129 g/mol. The van der Waals surface area contributed by atoms with Crippen molar-refractivity contribution in [3.63, 3.8) is 0 Å². The third-order valence-electron chi connectivity index (χ3n) is 0.388. The first-order valence-corrected chi connectivity index (χ1v) is 1.56. The van der Waals surface area contributed by atoms with Gasteiger partial charge in [-0.15, -0.1) is 0 Å². The molecule has 0 amide bonds. The second kappa shape index (κ2) is 3.74. The topological polar surface area (TPSA) is 91.7 Å². The van der Waals surface area contributed by atoms with Crippen LogP contribution in [0.2, 0.25) is 0 Å². The zero-order valence-corrected chi connectivity index (χ0v) is 4.33. The smallest absolute Gasteiger partial charge is 1.00 e. The average Bonchev–Trinajstić information content (AvgIpc) is 1.64. The summed E-state index contributed by atoms with van der Waals surface area (Å²) in [6.07, 6.45) is 0. The molecular formula is C3H4BeO5. The number of carboxylic acids is 2. The van der Waals surface area contributed by atoms with Gasteiger partial charge in [0.1, 0.15) is 0 Å². The van der Waals surface area contributed by atoms with Crippen molar-refractivity contribution in [1.29, 1.82) is 0 Å². The number of rotatable bonds is 2. The Kier molecular flexibility index (Phi) is 4.45. The van der Waals surface area contributed by atoms with E-state index in [0.29, 0.717) is 0 Å². The molecule has 0 radical (unpaired) electrons. The van der Waals surface area contributed by atoms with E-state index in [0.717, 1.165) is 0 Å². The molecule has 0 saturated heterocycles. The standard InChI is InChI=1S/C3H2O5.Be.2H/c4-1(2(5)6)3(7)8;;;/h(H,5,6)(H,7,8);;;/q;+2;2*-1. The average molecular weight is 129 g/mol. The van der Waals surface area contributed by atoms with E-state index in [1.165, 1.54) is 0 Å². The fourth-order valence-electron chi connectivity index (χ4n) is 0.0915. The van der Waals surface area contributed by atoms with Crippen LogP contribution < -0.4 is 0 Å². The zero-order valence-electron chi connectivity index (χ0n) is 6.33. The maximum Gasteiger partial charge on any atom is 2.00 e.